The van der Waals surface area contributed by atoms with Gasteiger partial charge < -0.3 is 10.6 Å². The maximum atomic E-state index is 12.5. The fourth-order valence-electron chi connectivity index (χ4n) is 2.24. The summed E-state index contributed by atoms with van der Waals surface area (Å²) in [6.07, 6.45) is 0.909. The fourth-order valence-corrected chi connectivity index (χ4v) is 2.87. The van der Waals surface area contributed by atoms with Crippen LogP contribution in [0.4, 0.5) is 5.69 Å². The van der Waals surface area contributed by atoms with Crippen molar-refractivity contribution in [3.05, 3.63) is 52.2 Å². The highest BCUT2D eigenvalue weighted by Gasteiger charge is 2.25. The molecule has 0 fully saturated rings. The van der Waals surface area contributed by atoms with Gasteiger partial charge in [0.15, 0.2) is 0 Å². The number of carbonyl (C=O) groups excluding carboxylic acids is 2. The molecule has 5 heteroatoms. The molecule has 1 atom stereocenters. The monoisotopic (exact) mass is 330 g/mol. The summed E-state index contributed by atoms with van der Waals surface area (Å²) >= 11 is 1.36. The van der Waals surface area contributed by atoms with Crippen LogP contribution < -0.4 is 10.6 Å². The zero-order valence-electron chi connectivity index (χ0n) is 13.6. The van der Waals surface area contributed by atoms with Gasteiger partial charge in [-0.25, -0.2) is 0 Å². The SMILES string of the molecule is CCc1cccc(NC(=O)[C@@H](NC(=O)c2cccs2)C(C)C)c1. The zero-order valence-corrected chi connectivity index (χ0v) is 14.4. The number of rotatable bonds is 6. The van der Waals surface area contributed by atoms with Crippen LogP contribution in [0.2, 0.25) is 0 Å². The van der Waals surface area contributed by atoms with Gasteiger partial charge in [0, 0.05) is 5.69 Å². The van der Waals surface area contributed by atoms with Crippen molar-refractivity contribution in [3.8, 4) is 0 Å². The van der Waals surface area contributed by atoms with E-state index >= 15 is 0 Å². The molecule has 0 saturated heterocycles. The molecule has 0 unspecified atom stereocenters. The van der Waals surface area contributed by atoms with Crippen molar-refractivity contribution in [1.82, 2.24) is 5.32 Å². The van der Waals surface area contributed by atoms with E-state index in [0.717, 1.165) is 17.7 Å². The molecule has 1 heterocycles. The van der Waals surface area contributed by atoms with Crippen molar-refractivity contribution < 1.29 is 9.59 Å². The van der Waals surface area contributed by atoms with Crippen molar-refractivity contribution in [3.63, 3.8) is 0 Å². The maximum absolute atomic E-state index is 12.5. The Balaban J connectivity index is 2.07. The van der Waals surface area contributed by atoms with Crippen LogP contribution in [0.25, 0.3) is 0 Å². The van der Waals surface area contributed by atoms with Crippen molar-refractivity contribution in [1.29, 1.82) is 0 Å². The van der Waals surface area contributed by atoms with Crippen LogP contribution in [0.5, 0.6) is 0 Å². The van der Waals surface area contributed by atoms with Gasteiger partial charge in [-0.2, -0.15) is 0 Å². The Labute approximate surface area is 140 Å². The average molecular weight is 330 g/mol. The molecule has 2 amide bonds. The molecule has 1 aromatic heterocycles. The smallest absolute Gasteiger partial charge is 0.262 e. The van der Waals surface area contributed by atoms with Crippen molar-refractivity contribution >= 4 is 28.8 Å². The van der Waals surface area contributed by atoms with Gasteiger partial charge in [0.2, 0.25) is 5.91 Å². The van der Waals surface area contributed by atoms with Crippen molar-refractivity contribution in [2.75, 3.05) is 5.32 Å². The van der Waals surface area contributed by atoms with Gasteiger partial charge in [0.1, 0.15) is 6.04 Å². The van der Waals surface area contributed by atoms with Crippen molar-refractivity contribution in [2.45, 2.75) is 33.2 Å². The molecule has 0 spiro atoms. The largest absolute Gasteiger partial charge is 0.339 e. The molecule has 1 aromatic carbocycles. The lowest BCUT2D eigenvalue weighted by molar-refractivity contribution is -0.118. The Hall–Kier alpha value is -2.14. The second kappa shape index (κ2) is 7.92. The molecule has 0 aliphatic rings. The Morgan fingerprint density at radius 3 is 2.57 bits per heavy atom. The van der Waals surface area contributed by atoms with Gasteiger partial charge in [-0.3, -0.25) is 9.59 Å². The Bertz CT molecular complexity index is 665. The molecule has 0 saturated carbocycles. The minimum atomic E-state index is -0.574. The number of amides is 2. The summed E-state index contributed by atoms with van der Waals surface area (Å²) in [6.45, 7) is 5.90. The van der Waals surface area contributed by atoms with Gasteiger partial charge in [0.05, 0.1) is 4.88 Å². The molecule has 2 aromatic rings. The zero-order chi connectivity index (χ0) is 16.8. The maximum Gasteiger partial charge on any atom is 0.262 e. The van der Waals surface area contributed by atoms with Crippen LogP contribution in [0.1, 0.15) is 36.0 Å². The van der Waals surface area contributed by atoms with Crippen LogP contribution in [0, 0.1) is 5.92 Å². The number of anilines is 1. The number of carbonyl (C=O) groups is 2. The first kappa shape index (κ1) is 17.2. The van der Waals surface area contributed by atoms with Gasteiger partial charge in [0.25, 0.3) is 5.91 Å². The second-order valence-electron chi connectivity index (χ2n) is 5.72. The molecule has 0 bridgehead atoms. The summed E-state index contributed by atoms with van der Waals surface area (Å²) < 4.78 is 0. The van der Waals surface area contributed by atoms with Gasteiger partial charge in [-0.15, -0.1) is 11.3 Å². The third-order valence-electron chi connectivity index (χ3n) is 3.58. The topological polar surface area (TPSA) is 58.2 Å². The predicted molar refractivity (Wildman–Crippen MR) is 94.9 cm³/mol. The van der Waals surface area contributed by atoms with E-state index in [1.165, 1.54) is 11.3 Å². The highest BCUT2D eigenvalue weighted by molar-refractivity contribution is 7.12. The lowest BCUT2D eigenvalue weighted by Crippen LogP contribution is -2.46. The van der Waals surface area contributed by atoms with E-state index in [1.54, 1.807) is 6.07 Å². The average Bonchev–Trinajstić information content (AvgIpc) is 3.06. The van der Waals surface area contributed by atoms with Crippen LogP contribution in [0.3, 0.4) is 0 Å². The van der Waals surface area contributed by atoms with E-state index in [1.807, 2.05) is 49.6 Å². The molecule has 0 aliphatic carbocycles. The first-order chi connectivity index (χ1) is 11.0. The number of hydrogen-bond acceptors (Lipinski definition) is 3. The second-order valence-corrected chi connectivity index (χ2v) is 6.66. The van der Waals surface area contributed by atoms with E-state index in [0.29, 0.717) is 4.88 Å². The Morgan fingerprint density at radius 2 is 1.96 bits per heavy atom. The molecule has 122 valence electrons. The highest BCUT2D eigenvalue weighted by Crippen LogP contribution is 2.14. The summed E-state index contributed by atoms with van der Waals surface area (Å²) in [6, 6.07) is 10.7. The number of benzene rings is 1. The number of aryl methyl sites for hydroxylation is 1. The Kier molecular flexibility index (Phi) is 5.93. The summed E-state index contributed by atoms with van der Waals surface area (Å²) in [5, 5.41) is 7.57. The number of thiophene rings is 1. The fraction of sp³-hybridized carbons (Fsp3) is 0.333. The Morgan fingerprint density at radius 1 is 1.17 bits per heavy atom. The first-order valence-corrected chi connectivity index (χ1v) is 8.63. The minimum Gasteiger partial charge on any atom is -0.339 e. The van der Waals surface area contributed by atoms with Crippen LogP contribution in [-0.2, 0) is 11.2 Å². The van der Waals surface area contributed by atoms with E-state index < -0.39 is 6.04 Å². The molecule has 0 radical (unpaired) electrons. The van der Waals surface area contributed by atoms with Crippen molar-refractivity contribution in [2.24, 2.45) is 5.92 Å². The van der Waals surface area contributed by atoms with E-state index in [-0.39, 0.29) is 17.7 Å². The van der Waals surface area contributed by atoms with E-state index in [9.17, 15) is 9.59 Å². The van der Waals surface area contributed by atoms with Crippen LogP contribution >= 0.6 is 11.3 Å². The van der Waals surface area contributed by atoms with Gasteiger partial charge >= 0.3 is 0 Å². The molecule has 4 nitrogen and oxygen atoms in total. The van der Waals surface area contributed by atoms with Crippen LogP contribution in [0.15, 0.2) is 41.8 Å². The molecule has 0 aliphatic heterocycles. The molecule has 2 rings (SSSR count). The first-order valence-electron chi connectivity index (χ1n) is 7.75. The quantitative estimate of drug-likeness (QED) is 0.848. The lowest BCUT2D eigenvalue weighted by atomic mass is 10.0. The summed E-state index contributed by atoms with van der Waals surface area (Å²) in [7, 11) is 0. The molecular weight excluding hydrogens is 308 g/mol. The molecular formula is C18H22N2O2S. The highest BCUT2D eigenvalue weighted by atomic mass is 32.1. The third kappa shape index (κ3) is 4.66. The minimum absolute atomic E-state index is 0.00623. The lowest BCUT2D eigenvalue weighted by Gasteiger charge is -2.21. The van der Waals surface area contributed by atoms with Gasteiger partial charge in [-0.05, 0) is 41.5 Å². The summed E-state index contributed by atoms with van der Waals surface area (Å²) in [5.41, 5.74) is 1.91. The van der Waals surface area contributed by atoms with Gasteiger partial charge in [-0.1, -0.05) is 39.0 Å². The van der Waals surface area contributed by atoms with Crippen LogP contribution in [-0.4, -0.2) is 17.9 Å². The molecule has 23 heavy (non-hydrogen) atoms. The standard InChI is InChI=1S/C18H22N2O2S/c1-4-13-7-5-8-14(11-13)19-18(22)16(12(2)3)20-17(21)15-9-6-10-23-15/h5-12,16H,4H2,1-3H3,(H,19,22)(H,20,21)/t16-/m0/s1. The summed E-state index contributed by atoms with van der Waals surface area (Å²) in [5.74, 6) is -0.414. The predicted octanol–water partition coefficient (Wildman–Crippen LogP) is 3.70. The van der Waals surface area contributed by atoms with E-state index in [2.05, 4.69) is 17.6 Å². The third-order valence-corrected chi connectivity index (χ3v) is 4.45. The summed E-state index contributed by atoms with van der Waals surface area (Å²) in [4.78, 5) is 25.3. The molecule has 2 N–H and O–H groups in total. The van der Waals surface area contributed by atoms with E-state index in [4.69, 9.17) is 0 Å². The number of nitrogens with one attached hydrogen (secondary N) is 2. The number of hydrogen-bond donors (Lipinski definition) is 2. The normalized spacial score (nSPS) is 12.0.